The zero-order valence-corrected chi connectivity index (χ0v) is 8.77. The highest BCUT2D eigenvalue weighted by atomic mass is 14.6. The Morgan fingerprint density at radius 3 is 1.94 bits per heavy atom. The van der Waals surface area contributed by atoms with Crippen molar-refractivity contribution >= 4 is 22.7 Å². The van der Waals surface area contributed by atoms with Crippen LogP contribution in [0.1, 0.15) is 0 Å². The fraction of sp³-hybridized carbons (Fsp3) is 0. The second kappa shape index (κ2) is 3.66. The molecule has 2 rings (SSSR count). The van der Waals surface area contributed by atoms with Crippen molar-refractivity contribution in [1.82, 2.24) is 0 Å². The van der Waals surface area contributed by atoms with Gasteiger partial charge in [-0.15, -0.1) is 0 Å². The molecule has 0 heterocycles. The number of hydrogen-bond acceptors (Lipinski definition) is 4. The molecule has 0 unspecified atom stereocenters. The predicted molar refractivity (Wildman–Crippen MR) is 69.5 cm³/mol. The fourth-order valence-corrected chi connectivity index (χ4v) is 1.69. The van der Waals surface area contributed by atoms with Gasteiger partial charge in [-0.05, 0) is 30.3 Å². The smallest absolute Gasteiger partial charge is 0.0415 e. The Morgan fingerprint density at radius 2 is 1.31 bits per heavy atom. The van der Waals surface area contributed by atoms with Gasteiger partial charge < -0.3 is 22.9 Å². The molecule has 0 atom stereocenters. The number of benzene rings is 2. The Hall–Kier alpha value is -2.36. The van der Waals surface area contributed by atoms with E-state index in [-0.39, 0.29) is 0 Å². The van der Waals surface area contributed by atoms with Gasteiger partial charge in [0.05, 0.1) is 0 Å². The average molecular weight is 214 g/mol. The molecule has 0 amide bonds. The van der Waals surface area contributed by atoms with Gasteiger partial charge in [-0.1, -0.05) is 6.07 Å². The molecule has 0 bridgehead atoms. The van der Waals surface area contributed by atoms with Gasteiger partial charge in [-0.25, -0.2) is 0 Å². The summed E-state index contributed by atoms with van der Waals surface area (Å²) in [5, 5.41) is 0. The van der Waals surface area contributed by atoms with Gasteiger partial charge in [0.1, 0.15) is 0 Å². The zero-order valence-electron chi connectivity index (χ0n) is 8.77. The van der Waals surface area contributed by atoms with Gasteiger partial charge in [0.15, 0.2) is 0 Å². The first-order chi connectivity index (χ1) is 7.59. The summed E-state index contributed by atoms with van der Waals surface area (Å²) in [6.07, 6.45) is 0. The summed E-state index contributed by atoms with van der Waals surface area (Å²) in [5.41, 5.74) is 27.4. The minimum absolute atomic E-state index is 0.595. The molecule has 0 aliphatic carbocycles. The third-order valence-electron chi connectivity index (χ3n) is 2.48. The Morgan fingerprint density at radius 1 is 0.688 bits per heavy atom. The highest BCUT2D eigenvalue weighted by Crippen LogP contribution is 2.36. The highest BCUT2D eigenvalue weighted by Gasteiger charge is 2.09. The van der Waals surface area contributed by atoms with E-state index in [1.54, 1.807) is 36.4 Å². The van der Waals surface area contributed by atoms with Gasteiger partial charge in [0.2, 0.25) is 0 Å². The number of nitrogens with two attached hydrogens (primary N) is 4. The lowest BCUT2D eigenvalue weighted by atomic mass is 9.99. The second-order valence-electron chi connectivity index (χ2n) is 3.66. The van der Waals surface area contributed by atoms with Crippen molar-refractivity contribution in [3.8, 4) is 11.1 Å². The summed E-state index contributed by atoms with van der Waals surface area (Å²) in [5.74, 6) is 0. The maximum Gasteiger partial charge on any atom is 0.0415 e. The van der Waals surface area contributed by atoms with Gasteiger partial charge in [-0.3, -0.25) is 0 Å². The number of hydrogen-bond donors (Lipinski definition) is 4. The molecule has 16 heavy (non-hydrogen) atoms. The highest BCUT2D eigenvalue weighted by molar-refractivity contribution is 5.92. The van der Waals surface area contributed by atoms with Crippen LogP contribution in [0.5, 0.6) is 0 Å². The molecule has 0 saturated heterocycles. The van der Waals surface area contributed by atoms with Gasteiger partial charge in [-0.2, -0.15) is 0 Å². The van der Waals surface area contributed by atoms with Crippen LogP contribution in [0.15, 0.2) is 36.4 Å². The van der Waals surface area contributed by atoms with Crippen molar-refractivity contribution < 1.29 is 0 Å². The van der Waals surface area contributed by atoms with Crippen LogP contribution in [0, 0.1) is 0 Å². The second-order valence-corrected chi connectivity index (χ2v) is 3.66. The Bertz CT molecular complexity index is 514. The molecule has 4 nitrogen and oxygen atoms in total. The monoisotopic (exact) mass is 214 g/mol. The number of nitrogen functional groups attached to an aromatic ring is 4. The molecule has 0 aromatic heterocycles. The van der Waals surface area contributed by atoms with Crippen molar-refractivity contribution in [1.29, 1.82) is 0 Å². The molecule has 2 aromatic rings. The van der Waals surface area contributed by atoms with Crippen molar-refractivity contribution in [3.63, 3.8) is 0 Å². The molecule has 8 N–H and O–H groups in total. The van der Waals surface area contributed by atoms with E-state index in [0.717, 1.165) is 11.1 Å². The van der Waals surface area contributed by atoms with Gasteiger partial charge >= 0.3 is 0 Å². The van der Waals surface area contributed by atoms with Crippen LogP contribution in [-0.4, -0.2) is 0 Å². The van der Waals surface area contributed by atoms with E-state index in [1.165, 1.54) is 0 Å². The lowest BCUT2D eigenvalue weighted by Gasteiger charge is -2.12. The van der Waals surface area contributed by atoms with Crippen LogP contribution < -0.4 is 22.9 Å². The van der Waals surface area contributed by atoms with Gasteiger partial charge in [0, 0.05) is 33.9 Å². The summed E-state index contributed by atoms with van der Waals surface area (Å²) < 4.78 is 0. The molecule has 0 fully saturated rings. The lowest BCUT2D eigenvalue weighted by molar-refractivity contribution is 1.59. The first-order valence-electron chi connectivity index (χ1n) is 4.89. The van der Waals surface area contributed by atoms with E-state index in [1.807, 2.05) is 0 Å². The summed E-state index contributed by atoms with van der Waals surface area (Å²) in [7, 11) is 0. The molecule has 0 radical (unpaired) electrons. The topological polar surface area (TPSA) is 104 Å². The molecule has 82 valence electrons. The lowest BCUT2D eigenvalue weighted by Crippen LogP contribution is -1.99. The van der Waals surface area contributed by atoms with Crippen LogP contribution in [0.3, 0.4) is 0 Å². The quantitative estimate of drug-likeness (QED) is 0.542. The molecule has 0 saturated carbocycles. The van der Waals surface area contributed by atoms with Crippen molar-refractivity contribution in [2.45, 2.75) is 0 Å². The zero-order chi connectivity index (χ0) is 11.7. The molecular formula is C12H14N4. The molecule has 0 aliphatic rings. The first kappa shape index (κ1) is 10.2. The summed E-state index contributed by atoms with van der Waals surface area (Å²) in [6.45, 7) is 0. The van der Waals surface area contributed by atoms with Gasteiger partial charge in [0.25, 0.3) is 0 Å². The predicted octanol–water partition coefficient (Wildman–Crippen LogP) is 1.68. The Balaban J connectivity index is 2.72. The average Bonchev–Trinajstić information content (AvgIpc) is 2.23. The van der Waals surface area contributed by atoms with Crippen molar-refractivity contribution in [2.75, 3.05) is 22.9 Å². The standard InChI is InChI=1S/C12H14N4/c13-7-4-5-9(14)8(6-7)12-10(15)2-1-3-11(12)16/h1-6H,13-16H2. The SMILES string of the molecule is Nc1ccc(N)c(-c2c(N)cccc2N)c1. The first-order valence-corrected chi connectivity index (χ1v) is 4.89. The minimum Gasteiger partial charge on any atom is -0.399 e. The van der Waals surface area contributed by atoms with Crippen LogP contribution in [0.25, 0.3) is 11.1 Å². The van der Waals surface area contributed by atoms with Crippen molar-refractivity contribution in [2.24, 2.45) is 0 Å². The van der Waals surface area contributed by atoms with Crippen molar-refractivity contribution in [3.05, 3.63) is 36.4 Å². The maximum absolute atomic E-state index is 5.90. The normalized spacial score (nSPS) is 10.2. The number of anilines is 4. The van der Waals surface area contributed by atoms with Crippen LogP contribution >= 0.6 is 0 Å². The van der Waals surface area contributed by atoms with E-state index in [0.29, 0.717) is 22.7 Å². The molecular weight excluding hydrogens is 200 g/mol. The third kappa shape index (κ3) is 1.61. The number of rotatable bonds is 1. The Kier molecular flexibility index (Phi) is 2.32. The molecule has 2 aromatic carbocycles. The van der Waals surface area contributed by atoms with E-state index in [9.17, 15) is 0 Å². The largest absolute Gasteiger partial charge is 0.399 e. The summed E-state index contributed by atoms with van der Waals surface area (Å²) in [6, 6.07) is 10.6. The summed E-state index contributed by atoms with van der Waals surface area (Å²) in [4.78, 5) is 0. The summed E-state index contributed by atoms with van der Waals surface area (Å²) >= 11 is 0. The molecule has 0 spiro atoms. The Labute approximate surface area is 93.8 Å². The van der Waals surface area contributed by atoms with Crippen LogP contribution in [-0.2, 0) is 0 Å². The minimum atomic E-state index is 0.595. The van der Waals surface area contributed by atoms with Crippen LogP contribution in [0.4, 0.5) is 22.7 Å². The van der Waals surface area contributed by atoms with E-state index < -0.39 is 0 Å². The van der Waals surface area contributed by atoms with E-state index in [4.69, 9.17) is 22.9 Å². The van der Waals surface area contributed by atoms with E-state index >= 15 is 0 Å². The third-order valence-corrected chi connectivity index (χ3v) is 2.48. The molecule has 0 aliphatic heterocycles. The fourth-order valence-electron chi connectivity index (χ4n) is 1.69. The molecule has 4 heteroatoms. The van der Waals surface area contributed by atoms with E-state index in [2.05, 4.69) is 0 Å². The maximum atomic E-state index is 5.90. The van der Waals surface area contributed by atoms with Crippen LogP contribution in [0.2, 0.25) is 0 Å².